The second-order valence-corrected chi connectivity index (χ2v) is 5.84. The Balaban J connectivity index is 3.33. The zero-order chi connectivity index (χ0) is 14.8. The SMILES string of the molecule is COc1c(C(C)(C)C)ccc(C)c1CC(N)C(=O)O. The van der Waals surface area contributed by atoms with E-state index in [4.69, 9.17) is 15.6 Å². The summed E-state index contributed by atoms with van der Waals surface area (Å²) in [5.41, 5.74) is 8.52. The zero-order valence-electron chi connectivity index (χ0n) is 12.3. The van der Waals surface area contributed by atoms with E-state index in [2.05, 4.69) is 20.8 Å². The van der Waals surface area contributed by atoms with Crippen LogP contribution in [0.1, 0.15) is 37.5 Å². The number of hydrogen-bond acceptors (Lipinski definition) is 3. The van der Waals surface area contributed by atoms with Crippen LogP contribution in [0, 0.1) is 6.92 Å². The van der Waals surface area contributed by atoms with Crippen molar-refractivity contribution in [3.8, 4) is 5.75 Å². The Morgan fingerprint density at radius 3 is 2.42 bits per heavy atom. The van der Waals surface area contributed by atoms with Crippen LogP contribution in [-0.4, -0.2) is 24.2 Å². The van der Waals surface area contributed by atoms with Gasteiger partial charge in [0.1, 0.15) is 11.8 Å². The lowest BCUT2D eigenvalue weighted by molar-refractivity contribution is -0.138. The Hall–Kier alpha value is -1.55. The van der Waals surface area contributed by atoms with Crippen LogP contribution in [0.5, 0.6) is 5.75 Å². The molecule has 106 valence electrons. The van der Waals surface area contributed by atoms with Crippen molar-refractivity contribution in [1.82, 2.24) is 0 Å². The Morgan fingerprint density at radius 2 is 2.00 bits per heavy atom. The molecule has 0 radical (unpaired) electrons. The van der Waals surface area contributed by atoms with Crippen molar-refractivity contribution in [1.29, 1.82) is 0 Å². The highest BCUT2D eigenvalue weighted by Crippen LogP contribution is 2.36. The molecule has 0 spiro atoms. The fourth-order valence-electron chi connectivity index (χ4n) is 2.11. The minimum absolute atomic E-state index is 0.0683. The monoisotopic (exact) mass is 265 g/mol. The van der Waals surface area contributed by atoms with E-state index in [-0.39, 0.29) is 11.8 Å². The van der Waals surface area contributed by atoms with Crippen LogP contribution in [0.4, 0.5) is 0 Å². The van der Waals surface area contributed by atoms with Crippen LogP contribution in [0.25, 0.3) is 0 Å². The Morgan fingerprint density at radius 1 is 1.42 bits per heavy atom. The number of benzene rings is 1. The first-order valence-corrected chi connectivity index (χ1v) is 6.33. The highest BCUT2D eigenvalue weighted by Gasteiger charge is 2.24. The summed E-state index contributed by atoms with van der Waals surface area (Å²) < 4.78 is 5.52. The summed E-state index contributed by atoms with van der Waals surface area (Å²) in [6.45, 7) is 8.24. The first kappa shape index (κ1) is 15.5. The molecular formula is C15H23NO3. The second-order valence-electron chi connectivity index (χ2n) is 5.84. The van der Waals surface area contributed by atoms with E-state index >= 15 is 0 Å². The molecule has 1 rings (SSSR count). The summed E-state index contributed by atoms with van der Waals surface area (Å²) in [6.07, 6.45) is 0.272. The molecule has 0 aliphatic heterocycles. The average molecular weight is 265 g/mol. The smallest absolute Gasteiger partial charge is 0.320 e. The predicted molar refractivity (Wildman–Crippen MR) is 75.7 cm³/mol. The van der Waals surface area contributed by atoms with Crippen molar-refractivity contribution in [3.05, 3.63) is 28.8 Å². The quantitative estimate of drug-likeness (QED) is 0.875. The van der Waals surface area contributed by atoms with Crippen LogP contribution in [0.2, 0.25) is 0 Å². The van der Waals surface area contributed by atoms with E-state index in [0.717, 1.165) is 22.4 Å². The van der Waals surface area contributed by atoms with E-state index in [9.17, 15) is 4.79 Å². The van der Waals surface area contributed by atoms with Gasteiger partial charge in [-0.05, 0) is 29.0 Å². The molecule has 0 heterocycles. The topological polar surface area (TPSA) is 72.5 Å². The van der Waals surface area contributed by atoms with Gasteiger partial charge in [-0.1, -0.05) is 32.9 Å². The fourth-order valence-corrected chi connectivity index (χ4v) is 2.11. The van der Waals surface area contributed by atoms with Gasteiger partial charge in [-0.2, -0.15) is 0 Å². The van der Waals surface area contributed by atoms with Gasteiger partial charge >= 0.3 is 5.97 Å². The summed E-state index contributed by atoms with van der Waals surface area (Å²) in [7, 11) is 1.61. The molecule has 4 nitrogen and oxygen atoms in total. The fraction of sp³-hybridized carbons (Fsp3) is 0.533. The molecule has 0 fully saturated rings. The number of aryl methyl sites for hydroxylation is 1. The molecule has 19 heavy (non-hydrogen) atoms. The molecule has 0 aliphatic carbocycles. The van der Waals surface area contributed by atoms with Crippen molar-refractivity contribution in [2.75, 3.05) is 7.11 Å². The Bertz CT molecular complexity index is 475. The van der Waals surface area contributed by atoms with E-state index in [0.29, 0.717) is 0 Å². The number of ether oxygens (including phenoxy) is 1. The largest absolute Gasteiger partial charge is 0.496 e. The first-order valence-electron chi connectivity index (χ1n) is 6.33. The molecule has 0 saturated heterocycles. The number of methoxy groups -OCH3 is 1. The van der Waals surface area contributed by atoms with Crippen LogP contribution in [0.15, 0.2) is 12.1 Å². The Labute approximate surface area is 114 Å². The van der Waals surface area contributed by atoms with Crippen molar-refractivity contribution in [2.24, 2.45) is 5.73 Å². The highest BCUT2D eigenvalue weighted by atomic mass is 16.5. The van der Waals surface area contributed by atoms with Crippen LogP contribution in [-0.2, 0) is 16.6 Å². The van der Waals surface area contributed by atoms with Gasteiger partial charge in [0.25, 0.3) is 0 Å². The molecule has 1 unspecified atom stereocenters. The molecule has 0 saturated carbocycles. The molecule has 4 heteroatoms. The van der Waals surface area contributed by atoms with Crippen LogP contribution < -0.4 is 10.5 Å². The number of carboxylic acid groups (broad SMARTS) is 1. The van der Waals surface area contributed by atoms with Gasteiger partial charge in [-0.3, -0.25) is 4.79 Å². The average Bonchev–Trinajstić information content (AvgIpc) is 2.29. The van der Waals surface area contributed by atoms with Crippen molar-refractivity contribution in [2.45, 2.75) is 45.6 Å². The molecule has 0 aliphatic rings. The first-order chi connectivity index (χ1) is 8.68. The standard InChI is InChI=1S/C15H23NO3/c1-9-6-7-11(15(2,3)4)13(19-5)10(9)8-12(16)14(17)18/h6-7,12H,8,16H2,1-5H3,(H,17,18). The molecule has 1 atom stereocenters. The third-order valence-electron chi connectivity index (χ3n) is 3.25. The maximum Gasteiger partial charge on any atom is 0.320 e. The third-order valence-corrected chi connectivity index (χ3v) is 3.25. The van der Waals surface area contributed by atoms with Gasteiger partial charge in [0.15, 0.2) is 0 Å². The number of aliphatic carboxylic acids is 1. The van der Waals surface area contributed by atoms with E-state index in [1.54, 1.807) is 7.11 Å². The number of rotatable bonds is 4. The predicted octanol–water partition coefficient (Wildman–Crippen LogP) is 2.26. The van der Waals surface area contributed by atoms with Gasteiger partial charge in [0, 0.05) is 6.42 Å². The highest BCUT2D eigenvalue weighted by molar-refractivity contribution is 5.74. The molecule has 0 amide bonds. The van der Waals surface area contributed by atoms with Gasteiger partial charge in [0.2, 0.25) is 0 Å². The molecule has 1 aromatic rings. The second kappa shape index (κ2) is 5.61. The van der Waals surface area contributed by atoms with E-state index in [1.807, 2.05) is 19.1 Å². The van der Waals surface area contributed by atoms with E-state index in [1.165, 1.54) is 0 Å². The van der Waals surface area contributed by atoms with E-state index < -0.39 is 12.0 Å². The summed E-state index contributed by atoms with van der Waals surface area (Å²) in [6, 6.07) is 3.11. The van der Waals surface area contributed by atoms with Crippen molar-refractivity contribution in [3.63, 3.8) is 0 Å². The lowest BCUT2D eigenvalue weighted by atomic mass is 9.83. The normalized spacial score (nSPS) is 13.2. The number of hydrogen-bond donors (Lipinski definition) is 2. The number of nitrogens with two attached hydrogens (primary N) is 1. The van der Waals surface area contributed by atoms with Gasteiger partial charge in [-0.25, -0.2) is 0 Å². The third kappa shape index (κ3) is 3.47. The molecule has 0 aromatic heterocycles. The summed E-state index contributed by atoms with van der Waals surface area (Å²) >= 11 is 0. The lowest BCUT2D eigenvalue weighted by Gasteiger charge is -2.25. The van der Waals surface area contributed by atoms with Gasteiger partial charge < -0.3 is 15.6 Å². The van der Waals surface area contributed by atoms with Crippen molar-refractivity contribution >= 4 is 5.97 Å². The van der Waals surface area contributed by atoms with Gasteiger partial charge in [-0.15, -0.1) is 0 Å². The molecule has 0 bridgehead atoms. The summed E-state index contributed by atoms with van der Waals surface area (Å²) in [4.78, 5) is 10.9. The maximum atomic E-state index is 10.9. The zero-order valence-corrected chi connectivity index (χ0v) is 12.3. The van der Waals surface area contributed by atoms with Gasteiger partial charge in [0.05, 0.1) is 7.11 Å². The molecule has 1 aromatic carbocycles. The number of carbonyl (C=O) groups is 1. The lowest BCUT2D eigenvalue weighted by Crippen LogP contribution is -2.32. The summed E-state index contributed by atoms with van der Waals surface area (Å²) in [5, 5.41) is 8.96. The van der Waals surface area contributed by atoms with Crippen LogP contribution >= 0.6 is 0 Å². The molecular weight excluding hydrogens is 242 g/mol. The minimum Gasteiger partial charge on any atom is -0.496 e. The molecule has 3 N–H and O–H groups in total. The maximum absolute atomic E-state index is 10.9. The van der Waals surface area contributed by atoms with Crippen LogP contribution in [0.3, 0.4) is 0 Å². The summed E-state index contributed by atoms with van der Waals surface area (Å²) in [5.74, 6) is -0.244. The Kier molecular flexibility index (Phi) is 4.58. The minimum atomic E-state index is -0.998. The number of carboxylic acids is 1. The van der Waals surface area contributed by atoms with Crippen molar-refractivity contribution < 1.29 is 14.6 Å².